The smallest absolute Gasteiger partial charge is 0.382 e. The van der Waals surface area contributed by atoms with Crippen molar-refractivity contribution < 1.29 is 28.0 Å². The Labute approximate surface area is 235 Å². The van der Waals surface area contributed by atoms with Gasteiger partial charge in [0.2, 0.25) is 17.6 Å². The number of carbonyl (C=O) groups excluding carboxylic acids is 4. The molecule has 13 heteroatoms. The number of anilines is 1. The molecule has 2 heterocycles. The highest BCUT2D eigenvalue weighted by molar-refractivity contribution is 6.09. The minimum atomic E-state index is -4.40. The maximum atomic E-state index is 14.6. The van der Waals surface area contributed by atoms with E-state index in [9.17, 15) is 32.8 Å². The quantitative estimate of drug-likeness (QED) is 0.284. The van der Waals surface area contributed by atoms with E-state index in [2.05, 4.69) is 20.9 Å². The second-order valence-corrected chi connectivity index (χ2v) is 9.77. The summed E-state index contributed by atoms with van der Waals surface area (Å²) in [7, 11) is 0. The molecule has 0 aliphatic carbocycles. The van der Waals surface area contributed by atoms with Crippen molar-refractivity contribution in [2.45, 2.75) is 45.2 Å². The average Bonchev–Trinajstić information content (AvgIpc) is 2.94. The van der Waals surface area contributed by atoms with Gasteiger partial charge in [0.05, 0.1) is 18.3 Å². The maximum absolute atomic E-state index is 14.6. The topological polar surface area (TPSA) is 151 Å². The van der Waals surface area contributed by atoms with Crippen LogP contribution in [0.25, 0.3) is 11.4 Å². The van der Waals surface area contributed by atoms with Crippen LogP contribution in [0, 0.1) is 5.92 Å². The first-order chi connectivity index (χ1) is 19.4. The van der Waals surface area contributed by atoms with Crippen molar-refractivity contribution in [2.24, 2.45) is 5.92 Å². The number of ketones is 1. The largest absolute Gasteiger partial charge is 0.383 e. The number of benzene rings is 1. The number of dihydropyridines is 1. The van der Waals surface area contributed by atoms with Gasteiger partial charge in [-0.2, -0.15) is 8.78 Å². The molecule has 1 aliphatic heterocycles. The standard InChI is InChI=1S/C28H32F2N6O5/c1-18(2)27(11-7-8-13-34-27)12-14-31-26(41)28(29,30)22(38)16-32-23(39)17-36-24(20-9-5-4-6-10-20)33-15-21(25(36)40)35-19(3)37/h4-11,13,15,18,34H,12,14,16-17H2,1-3H3,(H,31,41)(H,32,39)(H,35,37). The highest BCUT2D eigenvalue weighted by Crippen LogP contribution is 2.25. The molecule has 11 nitrogen and oxygen atoms in total. The molecule has 3 rings (SSSR count). The summed E-state index contributed by atoms with van der Waals surface area (Å²) in [6.07, 6.45) is 8.66. The second kappa shape index (κ2) is 13.1. The van der Waals surface area contributed by atoms with Gasteiger partial charge in [0.1, 0.15) is 18.1 Å². The van der Waals surface area contributed by atoms with Crippen LogP contribution in [-0.2, 0) is 25.7 Å². The lowest BCUT2D eigenvalue weighted by molar-refractivity contribution is -0.158. The molecule has 41 heavy (non-hydrogen) atoms. The first-order valence-electron chi connectivity index (χ1n) is 12.9. The number of amides is 3. The molecular formula is C28H32F2N6O5. The number of allylic oxidation sites excluding steroid dienone is 2. The number of nitrogens with zero attached hydrogens (tertiary/aromatic N) is 2. The Hall–Kier alpha value is -4.68. The Balaban J connectivity index is 1.64. The zero-order chi connectivity index (χ0) is 30.2. The van der Waals surface area contributed by atoms with E-state index in [1.165, 1.54) is 6.92 Å². The third-order valence-corrected chi connectivity index (χ3v) is 6.58. The second-order valence-electron chi connectivity index (χ2n) is 9.77. The third-order valence-electron chi connectivity index (χ3n) is 6.58. The van der Waals surface area contributed by atoms with Crippen LogP contribution in [0.4, 0.5) is 14.5 Å². The molecule has 1 unspecified atom stereocenters. The molecule has 4 N–H and O–H groups in total. The fourth-order valence-corrected chi connectivity index (χ4v) is 4.18. The lowest BCUT2D eigenvalue weighted by Gasteiger charge is -2.37. The molecule has 218 valence electrons. The van der Waals surface area contributed by atoms with Crippen LogP contribution in [0.15, 0.2) is 65.8 Å². The van der Waals surface area contributed by atoms with Gasteiger partial charge < -0.3 is 21.3 Å². The van der Waals surface area contributed by atoms with E-state index in [1.54, 1.807) is 42.6 Å². The van der Waals surface area contributed by atoms with Crippen molar-refractivity contribution in [3.63, 3.8) is 0 Å². The summed E-state index contributed by atoms with van der Waals surface area (Å²) in [4.78, 5) is 65.7. The zero-order valence-corrected chi connectivity index (χ0v) is 22.9. The Morgan fingerprint density at radius 3 is 2.41 bits per heavy atom. The molecule has 0 bridgehead atoms. The van der Waals surface area contributed by atoms with E-state index < -0.39 is 53.6 Å². The number of nitrogens with one attached hydrogen (secondary N) is 4. The number of carbonyl (C=O) groups is 4. The molecule has 0 radical (unpaired) electrons. The molecule has 0 fully saturated rings. The van der Waals surface area contributed by atoms with Crippen LogP contribution in [-0.4, -0.2) is 57.6 Å². The Kier molecular flexibility index (Phi) is 9.87. The van der Waals surface area contributed by atoms with E-state index >= 15 is 0 Å². The number of alkyl halides is 2. The summed E-state index contributed by atoms with van der Waals surface area (Å²) in [6.45, 7) is 3.11. The van der Waals surface area contributed by atoms with Gasteiger partial charge in [-0.1, -0.05) is 56.3 Å². The van der Waals surface area contributed by atoms with Crippen molar-refractivity contribution in [1.29, 1.82) is 0 Å². The summed E-state index contributed by atoms with van der Waals surface area (Å²) in [5.41, 5.74) is -1.03. The minimum absolute atomic E-state index is 0.0767. The summed E-state index contributed by atoms with van der Waals surface area (Å²) in [5, 5.41) is 9.64. The molecule has 1 aromatic carbocycles. The average molecular weight is 571 g/mol. The molecule has 0 spiro atoms. The number of rotatable bonds is 12. The van der Waals surface area contributed by atoms with Crippen LogP contribution in [0.3, 0.4) is 0 Å². The molecule has 1 atom stereocenters. The van der Waals surface area contributed by atoms with E-state index in [1.807, 2.05) is 31.3 Å². The molecule has 0 saturated carbocycles. The predicted octanol–water partition coefficient (Wildman–Crippen LogP) is 1.76. The van der Waals surface area contributed by atoms with E-state index in [4.69, 9.17) is 0 Å². The number of aromatic nitrogens is 2. The van der Waals surface area contributed by atoms with E-state index in [0.29, 0.717) is 12.0 Å². The van der Waals surface area contributed by atoms with E-state index in [-0.39, 0.29) is 24.0 Å². The Bertz CT molecular complexity index is 1420. The zero-order valence-electron chi connectivity index (χ0n) is 22.9. The summed E-state index contributed by atoms with van der Waals surface area (Å²) in [5.74, 6) is -9.33. The van der Waals surface area contributed by atoms with Crippen LogP contribution in [0.2, 0.25) is 0 Å². The normalized spacial score (nSPS) is 16.1. The number of halogens is 2. The predicted molar refractivity (Wildman–Crippen MR) is 148 cm³/mol. The number of hydrogen-bond acceptors (Lipinski definition) is 7. The van der Waals surface area contributed by atoms with Crippen LogP contribution < -0.4 is 26.8 Å². The van der Waals surface area contributed by atoms with Gasteiger partial charge in [0, 0.05) is 19.0 Å². The maximum Gasteiger partial charge on any atom is 0.383 e. The summed E-state index contributed by atoms with van der Waals surface area (Å²) < 4.78 is 30.1. The Morgan fingerprint density at radius 1 is 1.10 bits per heavy atom. The number of hydrogen-bond donors (Lipinski definition) is 4. The van der Waals surface area contributed by atoms with Crippen LogP contribution in [0.5, 0.6) is 0 Å². The van der Waals surface area contributed by atoms with Gasteiger partial charge >= 0.3 is 5.92 Å². The molecule has 1 aliphatic rings. The lowest BCUT2D eigenvalue weighted by atomic mass is 9.82. The Morgan fingerprint density at radius 2 is 1.80 bits per heavy atom. The van der Waals surface area contributed by atoms with Gasteiger partial charge in [0.15, 0.2) is 0 Å². The first kappa shape index (κ1) is 30.9. The van der Waals surface area contributed by atoms with Gasteiger partial charge in [0.25, 0.3) is 11.5 Å². The van der Waals surface area contributed by atoms with Crippen molar-refractivity contribution in [2.75, 3.05) is 18.4 Å². The van der Waals surface area contributed by atoms with Gasteiger partial charge in [-0.05, 0) is 24.6 Å². The molecule has 1 aromatic heterocycles. The molecule has 0 saturated heterocycles. The van der Waals surface area contributed by atoms with Gasteiger partial charge in [-0.15, -0.1) is 0 Å². The van der Waals surface area contributed by atoms with Crippen LogP contribution >= 0.6 is 0 Å². The first-order valence-corrected chi connectivity index (χ1v) is 12.9. The highest BCUT2D eigenvalue weighted by atomic mass is 19.3. The molecular weight excluding hydrogens is 538 g/mol. The minimum Gasteiger partial charge on any atom is -0.382 e. The lowest BCUT2D eigenvalue weighted by Crippen LogP contribution is -2.52. The number of Topliss-reactive ketones (excluding diaryl/α,β-unsaturated/α-hetero) is 1. The SMILES string of the molecule is CC(=O)Nc1cnc(-c2ccccc2)n(CC(=O)NCC(=O)C(F)(F)C(=O)NCCC2(C(C)C)C=CC=CN2)c1=O. The van der Waals surface area contributed by atoms with Crippen molar-refractivity contribution in [3.8, 4) is 11.4 Å². The summed E-state index contributed by atoms with van der Waals surface area (Å²) in [6, 6.07) is 8.37. The highest BCUT2D eigenvalue weighted by Gasteiger charge is 2.46. The van der Waals surface area contributed by atoms with Gasteiger partial charge in [-0.25, -0.2) is 4.98 Å². The molecule has 3 amide bonds. The summed E-state index contributed by atoms with van der Waals surface area (Å²) >= 11 is 0. The van der Waals surface area contributed by atoms with Crippen molar-refractivity contribution >= 4 is 29.2 Å². The fraction of sp³-hybridized carbons (Fsp3) is 0.357. The van der Waals surface area contributed by atoms with E-state index in [0.717, 1.165) is 10.8 Å². The third kappa shape index (κ3) is 7.50. The fourth-order valence-electron chi connectivity index (χ4n) is 4.18. The van der Waals surface area contributed by atoms with Crippen molar-refractivity contribution in [1.82, 2.24) is 25.5 Å². The van der Waals surface area contributed by atoms with Gasteiger partial charge in [-0.3, -0.25) is 28.5 Å². The monoisotopic (exact) mass is 570 g/mol. The molecule has 2 aromatic rings. The van der Waals surface area contributed by atoms with Crippen molar-refractivity contribution in [3.05, 3.63) is 71.3 Å². The van der Waals surface area contributed by atoms with Crippen LogP contribution in [0.1, 0.15) is 27.2 Å².